The van der Waals surface area contributed by atoms with Crippen molar-refractivity contribution in [3.8, 4) is 11.1 Å². The van der Waals surface area contributed by atoms with Gasteiger partial charge >= 0.3 is 0 Å². The minimum Gasteiger partial charge on any atom is -0.456 e. The third kappa shape index (κ3) is 3.93. The molecule has 53 heavy (non-hydrogen) atoms. The van der Waals surface area contributed by atoms with Gasteiger partial charge in [0.1, 0.15) is 22.3 Å². The van der Waals surface area contributed by atoms with Crippen LogP contribution in [0.25, 0.3) is 85.9 Å². The summed E-state index contributed by atoms with van der Waals surface area (Å²) in [6.45, 7) is 4.70. The first-order valence-electron chi connectivity index (χ1n) is 18.2. The Bertz CT molecular complexity index is 3340. The van der Waals surface area contributed by atoms with Crippen LogP contribution in [0.1, 0.15) is 25.0 Å². The van der Waals surface area contributed by atoms with Gasteiger partial charge in [-0.25, -0.2) is 0 Å². The van der Waals surface area contributed by atoms with Crippen LogP contribution >= 0.6 is 11.3 Å². The van der Waals surface area contributed by atoms with Gasteiger partial charge in [0.15, 0.2) is 0 Å². The van der Waals surface area contributed by atoms with Crippen molar-refractivity contribution in [1.29, 1.82) is 0 Å². The Balaban J connectivity index is 1.17. The monoisotopic (exact) mass is 697 g/mol. The Kier molecular flexibility index (Phi) is 5.72. The van der Waals surface area contributed by atoms with E-state index in [1.54, 1.807) is 0 Å². The fourth-order valence-electron chi connectivity index (χ4n) is 9.19. The summed E-state index contributed by atoms with van der Waals surface area (Å²) in [6.07, 6.45) is 0. The maximum Gasteiger partial charge on any atom is 0.144 e. The van der Waals surface area contributed by atoms with Gasteiger partial charge in [0.05, 0.1) is 5.69 Å². The zero-order valence-electron chi connectivity index (χ0n) is 29.1. The van der Waals surface area contributed by atoms with Crippen molar-refractivity contribution in [3.63, 3.8) is 0 Å². The summed E-state index contributed by atoms with van der Waals surface area (Å²) in [5, 5.41) is 9.33. The largest absolute Gasteiger partial charge is 0.456 e. The number of para-hydroxylation sites is 1. The molecule has 0 atom stereocenters. The molecule has 12 rings (SSSR count). The number of nitrogens with zero attached hydrogens (tertiary/aromatic N) is 1. The fraction of sp³-hybridized carbons (Fsp3) is 0.0612. The molecule has 0 amide bonds. The van der Waals surface area contributed by atoms with Crippen LogP contribution in [-0.4, -0.2) is 0 Å². The van der Waals surface area contributed by atoms with Gasteiger partial charge in [-0.1, -0.05) is 98.8 Å². The predicted octanol–water partition coefficient (Wildman–Crippen LogP) is 14.8. The van der Waals surface area contributed by atoms with Crippen molar-refractivity contribution in [2.45, 2.75) is 19.3 Å². The van der Waals surface area contributed by atoms with Crippen LogP contribution in [-0.2, 0) is 5.41 Å². The lowest BCUT2D eigenvalue weighted by Gasteiger charge is -2.28. The van der Waals surface area contributed by atoms with Crippen LogP contribution in [0.2, 0.25) is 0 Å². The van der Waals surface area contributed by atoms with Gasteiger partial charge < -0.3 is 13.7 Å². The summed E-state index contributed by atoms with van der Waals surface area (Å²) in [6, 6.07) is 54.9. The molecule has 3 heterocycles. The van der Waals surface area contributed by atoms with Gasteiger partial charge in [0, 0.05) is 64.6 Å². The molecule has 0 saturated heterocycles. The number of hydrogen-bond acceptors (Lipinski definition) is 4. The van der Waals surface area contributed by atoms with Crippen molar-refractivity contribution in [3.05, 3.63) is 163 Å². The second-order valence-corrected chi connectivity index (χ2v) is 15.9. The molecule has 3 nitrogen and oxygen atoms in total. The third-order valence-electron chi connectivity index (χ3n) is 11.7. The smallest absolute Gasteiger partial charge is 0.144 e. The molecule has 0 radical (unpaired) electrons. The van der Waals surface area contributed by atoms with Crippen LogP contribution in [0.5, 0.6) is 0 Å². The minimum atomic E-state index is -0.138. The van der Waals surface area contributed by atoms with Crippen molar-refractivity contribution < 1.29 is 8.83 Å². The van der Waals surface area contributed by atoms with E-state index in [9.17, 15) is 0 Å². The molecule has 250 valence electrons. The number of furan rings is 2. The number of hydrogen-bond donors (Lipinski definition) is 0. The lowest BCUT2D eigenvalue weighted by molar-refractivity contribution is 0.660. The van der Waals surface area contributed by atoms with Gasteiger partial charge in [-0.15, -0.1) is 11.3 Å². The first-order chi connectivity index (χ1) is 26.0. The normalized spacial score (nSPS) is 13.6. The molecule has 8 aromatic carbocycles. The molecule has 3 aromatic heterocycles. The number of fused-ring (bicyclic) bond motifs is 15. The van der Waals surface area contributed by atoms with E-state index in [1.807, 2.05) is 23.5 Å². The van der Waals surface area contributed by atoms with Crippen LogP contribution in [0.15, 0.2) is 160 Å². The fourth-order valence-corrected chi connectivity index (χ4v) is 10.3. The summed E-state index contributed by atoms with van der Waals surface area (Å²) in [5.74, 6) is 0. The average molecular weight is 698 g/mol. The lowest BCUT2D eigenvalue weighted by atomic mass is 9.82. The number of rotatable bonds is 3. The maximum absolute atomic E-state index is 6.87. The van der Waals surface area contributed by atoms with E-state index >= 15 is 0 Å². The maximum atomic E-state index is 6.87. The first kappa shape index (κ1) is 29.2. The molecule has 0 fully saturated rings. The molecular formula is C49H31NO2S. The Morgan fingerprint density at radius 1 is 0.472 bits per heavy atom. The highest BCUT2D eigenvalue weighted by Crippen LogP contribution is 2.53. The molecule has 0 bridgehead atoms. The number of benzene rings is 8. The van der Waals surface area contributed by atoms with E-state index in [-0.39, 0.29) is 5.41 Å². The molecular weight excluding hydrogens is 667 g/mol. The molecule has 0 saturated carbocycles. The number of thiophene rings is 1. The van der Waals surface area contributed by atoms with Crippen LogP contribution in [0.4, 0.5) is 17.1 Å². The zero-order valence-corrected chi connectivity index (χ0v) is 29.9. The summed E-state index contributed by atoms with van der Waals surface area (Å²) in [4.78, 5) is 2.43. The minimum absolute atomic E-state index is 0.138. The molecule has 0 aliphatic heterocycles. The standard InChI is InChI=1S/C49H31NO2S/c1-49(2)37-14-7-5-12-32(37)33-21-19-29(26-38(33)49)50(30-20-22-35-34-13-6-8-16-40(34)51-42(35)27-30)39-15-9-17-43-46(39)47-44(53-43)25-23-36-45-31-11-4-3-10-28(31)18-24-41(45)52-48(36)47/h3-27H,1-2H3. The third-order valence-corrected chi connectivity index (χ3v) is 12.8. The van der Waals surface area contributed by atoms with Crippen LogP contribution in [0.3, 0.4) is 0 Å². The quantitative estimate of drug-likeness (QED) is 0.184. The highest BCUT2D eigenvalue weighted by Gasteiger charge is 2.36. The lowest BCUT2D eigenvalue weighted by Crippen LogP contribution is -2.16. The highest BCUT2D eigenvalue weighted by atomic mass is 32.1. The number of anilines is 3. The topological polar surface area (TPSA) is 29.5 Å². The Hall–Kier alpha value is -6.36. The Labute approximate surface area is 308 Å². The molecule has 0 spiro atoms. The van der Waals surface area contributed by atoms with Crippen molar-refractivity contribution in [1.82, 2.24) is 0 Å². The molecule has 0 unspecified atom stereocenters. The Morgan fingerprint density at radius 2 is 1.21 bits per heavy atom. The van der Waals surface area contributed by atoms with Gasteiger partial charge in [0.25, 0.3) is 0 Å². The SMILES string of the molecule is CC1(C)c2ccccc2-c2ccc(N(c3ccc4c(c3)oc3ccccc34)c3cccc4sc5ccc6c(oc7ccc8ccccc8c76)c5c34)cc21. The molecule has 1 aliphatic rings. The predicted molar refractivity (Wildman–Crippen MR) is 224 cm³/mol. The van der Waals surface area contributed by atoms with Crippen molar-refractivity contribution in [2.75, 3.05) is 4.90 Å². The molecule has 1 aliphatic carbocycles. The summed E-state index contributed by atoms with van der Waals surface area (Å²) >= 11 is 1.82. The summed E-state index contributed by atoms with van der Waals surface area (Å²) in [7, 11) is 0. The van der Waals surface area contributed by atoms with Crippen LogP contribution < -0.4 is 4.90 Å². The van der Waals surface area contributed by atoms with E-state index in [4.69, 9.17) is 8.83 Å². The zero-order chi connectivity index (χ0) is 35.0. The molecule has 11 aromatic rings. The highest BCUT2D eigenvalue weighted by molar-refractivity contribution is 7.26. The molecule has 0 N–H and O–H groups in total. The van der Waals surface area contributed by atoms with Gasteiger partial charge in [-0.05, 0) is 93.7 Å². The molecule has 4 heteroatoms. The van der Waals surface area contributed by atoms with Crippen molar-refractivity contribution in [2.24, 2.45) is 0 Å². The second kappa shape index (κ2) is 10.4. The van der Waals surface area contributed by atoms with Crippen LogP contribution in [0, 0.1) is 0 Å². The van der Waals surface area contributed by atoms with Gasteiger partial charge in [-0.2, -0.15) is 0 Å². The van der Waals surface area contributed by atoms with Crippen molar-refractivity contribution >= 4 is 103 Å². The first-order valence-corrected chi connectivity index (χ1v) is 19.0. The van der Waals surface area contributed by atoms with Gasteiger partial charge in [-0.3, -0.25) is 0 Å². The summed E-state index contributed by atoms with van der Waals surface area (Å²) in [5.41, 5.74) is 12.1. The Morgan fingerprint density at radius 3 is 2.15 bits per heavy atom. The second-order valence-electron chi connectivity index (χ2n) is 14.8. The average Bonchev–Trinajstić information content (AvgIpc) is 3.93. The summed E-state index contributed by atoms with van der Waals surface area (Å²) < 4.78 is 15.8. The van der Waals surface area contributed by atoms with E-state index in [0.29, 0.717) is 0 Å². The van der Waals surface area contributed by atoms with E-state index < -0.39 is 0 Å². The van der Waals surface area contributed by atoms with Gasteiger partial charge in [0.2, 0.25) is 0 Å². The van der Waals surface area contributed by atoms with E-state index in [2.05, 4.69) is 158 Å². The van der Waals surface area contributed by atoms with E-state index in [0.717, 1.165) is 60.9 Å². The van der Waals surface area contributed by atoms with E-state index in [1.165, 1.54) is 53.2 Å².